The molecule has 1 N–H and O–H groups in total. The predicted molar refractivity (Wildman–Crippen MR) is 181 cm³/mol. The van der Waals surface area contributed by atoms with Gasteiger partial charge >= 0.3 is 0 Å². The molecule has 1 atom stereocenters. The summed E-state index contributed by atoms with van der Waals surface area (Å²) < 4.78 is 29.1. The molecular formula is C34H34Cl3N3O4S. The zero-order valence-electron chi connectivity index (χ0n) is 24.9. The highest BCUT2D eigenvalue weighted by Gasteiger charge is 2.35. The van der Waals surface area contributed by atoms with Crippen molar-refractivity contribution in [3.05, 3.63) is 129 Å². The summed E-state index contributed by atoms with van der Waals surface area (Å²) in [4.78, 5) is 29.7. The van der Waals surface area contributed by atoms with Gasteiger partial charge in [0.05, 0.1) is 15.6 Å². The minimum Gasteiger partial charge on any atom is -0.354 e. The van der Waals surface area contributed by atoms with E-state index in [4.69, 9.17) is 34.8 Å². The molecule has 0 bridgehead atoms. The first-order chi connectivity index (χ1) is 21.5. The molecular weight excluding hydrogens is 653 g/mol. The zero-order chi connectivity index (χ0) is 32.6. The van der Waals surface area contributed by atoms with E-state index in [2.05, 4.69) is 5.32 Å². The number of nitrogens with one attached hydrogen (secondary N) is 1. The summed E-state index contributed by atoms with van der Waals surface area (Å²) in [6.07, 6.45) is 0.199. The molecule has 45 heavy (non-hydrogen) atoms. The molecule has 2 amide bonds. The number of anilines is 1. The number of sulfonamides is 1. The largest absolute Gasteiger partial charge is 0.354 e. The third-order valence-corrected chi connectivity index (χ3v) is 9.53. The fourth-order valence-corrected chi connectivity index (χ4v) is 6.95. The molecule has 0 saturated heterocycles. The van der Waals surface area contributed by atoms with Gasteiger partial charge in [0.2, 0.25) is 11.8 Å². The number of nitrogens with zero attached hydrogens (tertiary/aromatic N) is 2. The molecule has 7 nitrogen and oxygen atoms in total. The first-order valence-electron chi connectivity index (χ1n) is 14.3. The van der Waals surface area contributed by atoms with Crippen LogP contribution in [0.4, 0.5) is 5.69 Å². The average Bonchev–Trinajstić information content (AvgIpc) is 3.01. The molecule has 0 unspecified atom stereocenters. The van der Waals surface area contributed by atoms with Crippen LogP contribution in [0.2, 0.25) is 15.1 Å². The van der Waals surface area contributed by atoms with Crippen molar-refractivity contribution in [3.8, 4) is 0 Å². The lowest BCUT2D eigenvalue weighted by Gasteiger charge is -2.34. The van der Waals surface area contributed by atoms with Crippen molar-refractivity contribution in [3.63, 3.8) is 0 Å². The summed E-state index contributed by atoms with van der Waals surface area (Å²) in [7, 11) is -4.29. The molecule has 4 aromatic rings. The van der Waals surface area contributed by atoms with Crippen molar-refractivity contribution in [1.82, 2.24) is 10.2 Å². The third kappa shape index (κ3) is 9.23. The maximum Gasteiger partial charge on any atom is 0.264 e. The van der Waals surface area contributed by atoms with Gasteiger partial charge in [0.1, 0.15) is 12.6 Å². The van der Waals surface area contributed by atoms with Crippen molar-refractivity contribution in [2.45, 2.75) is 37.8 Å². The molecule has 4 rings (SSSR count). The summed E-state index contributed by atoms with van der Waals surface area (Å²) in [6, 6.07) is 27.5. The average molecular weight is 687 g/mol. The molecule has 0 fully saturated rings. The van der Waals surface area contributed by atoms with E-state index in [1.807, 2.05) is 44.2 Å². The van der Waals surface area contributed by atoms with E-state index in [0.29, 0.717) is 22.2 Å². The summed E-state index contributed by atoms with van der Waals surface area (Å²) >= 11 is 19.0. The Morgan fingerprint density at radius 3 is 2.02 bits per heavy atom. The van der Waals surface area contributed by atoms with Gasteiger partial charge < -0.3 is 10.2 Å². The van der Waals surface area contributed by atoms with E-state index in [1.165, 1.54) is 35.2 Å². The van der Waals surface area contributed by atoms with E-state index in [-0.39, 0.29) is 40.4 Å². The summed E-state index contributed by atoms with van der Waals surface area (Å²) in [5, 5.41) is 3.78. The van der Waals surface area contributed by atoms with Crippen molar-refractivity contribution < 1.29 is 18.0 Å². The molecule has 0 aliphatic heterocycles. The topological polar surface area (TPSA) is 86.8 Å². The normalized spacial score (nSPS) is 12.0. The Labute approximate surface area is 279 Å². The van der Waals surface area contributed by atoms with E-state index in [9.17, 15) is 18.0 Å². The van der Waals surface area contributed by atoms with E-state index < -0.39 is 28.5 Å². The molecule has 11 heteroatoms. The standard InChI is InChI=1S/C34H34Cl3N3O4S/c1-24(2)21-38-34(42)32(19-25-10-5-3-6-11-25)39(22-26-12-9-13-27(35)18-26)33(41)23-40(31-17-16-28(36)20-30(31)37)45(43,44)29-14-7-4-8-15-29/h3-18,20,24,32H,19,21-23H2,1-2H3,(H,38,42)/t32-/m0/s1. The fourth-order valence-electron chi connectivity index (χ4n) is 4.73. The second-order valence-electron chi connectivity index (χ2n) is 10.9. The second-order valence-corrected chi connectivity index (χ2v) is 14.1. The Balaban J connectivity index is 1.82. The first kappa shape index (κ1) is 34.3. The fraction of sp³-hybridized carbons (Fsp3) is 0.235. The second kappa shape index (κ2) is 15.6. The van der Waals surface area contributed by atoms with Crippen LogP contribution in [0, 0.1) is 5.92 Å². The highest BCUT2D eigenvalue weighted by Crippen LogP contribution is 2.33. The maximum absolute atomic E-state index is 14.5. The number of amides is 2. The molecule has 0 aliphatic carbocycles. The lowest BCUT2D eigenvalue weighted by molar-refractivity contribution is -0.140. The molecule has 4 aromatic carbocycles. The summed E-state index contributed by atoms with van der Waals surface area (Å²) in [5.41, 5.74) is 1.58. The van der Waals surface area contributed by atoms with Gasteiger partial charge in [-0.15, -0.1) is 0 Å². The van der Waals surface area contributed by atoms with Crippen LogP contribution in [0.5, 0.6) is 0 Å². The Morgan fingerprint density at radius 1 is 0.778 bits per heavy atom. The lowest BCUT2D eigenvalue weighted by atomic mass is 10.0. The number of benzene rings is 4. The van der Waals surface area contributed by atoms with Crippen LogP contribution in [0.25, 0.3) is 0 Å². The third-order valence-electron chi connectivity index (χ3n) is 6.99. The number of hydrogen-bond donors (Lipinski definition) is 1. The van der Waals surface area contributed by atoms with Crippen LogP contribution >= 0.6 is 34.8 Å². The quantitative estimate of drug-likeness (QED) is 0.161. The minimum absolute atomic E-state index is 0.000430. The maximum atomic E-state index is 14.5. The molecule has 0 aliphatic rings. The van der Waals surface area contributed by atoms with Gasteiger partial charge in [-0.1, -0.05) is 109 Å². The van der Waals surface area contributed by atoms with Crippen LogP contribution in [-0.2, 0) is 32.6 Å². The van der Waals surface area contributed by atoms with Crippen LogP contribution in [0.1, 0.15) is 25.0 Å². The Morgan fingerprint density at radius 2 is 1.40 bits per heavy atom. The Kier molecular flexibility index (Phi) is 11.9. The van der Waals surface area contributed by atoms with Gasteiger partial charge in [-0.25, -0.2) is 8.42 Å². The molecule has 0 heterocycles. The first-order valence-corrected chi connectivity index (χ1v) is 16.9. The lowest BCUT2D eigenvalue weighted by Crippen LogP contribution is -2.53. The monoisotopic (exact) mass is 685 g/mol. The molecule has 0 aromatic heterocycles. The van der Waals surface area contributed by atoms with Crippen molar-refractivity contribution in [2.24, 2.45) is 5.92 Å². The Hall–Kier alpha value is -3.56. The van der Waals surface area contributed by atoms with Gasteiger partial charge in [0.25, 0.3) is 10.0 Å². The molecule has 0 radical (unpaired) electrons. The van der Waals surface area contributed by atoms with Crippen LogP contribution in [-0.4, -0.2) is 44.3 Å². The van der Waals surface area contributed by atoms with E-state index >= 15 is 0 Å². The van der Waals surface area contributed by atoms with E-state index in [0.717, 1.165) is 9.87 Å². The van der Waals surface area contributed by atoms with Crippen LogP contribution < -0.4 is 9.62 Å². The van der Waals surface area contributed by atoms with Gasteiger partial charge in [0.15, 0.2) is 0 Å². The van der Waals surface area contributed by atoms with Gasteiger partial charge in [0, 0.05) is 29.6 Å². The van der Waals surface area contributed by atoms with Gasteiger partial charge in [-0.2, -0.15) is 0 Å². The Bertz CT molecular complexity index is 1720. The highest BCUT2D eigenvalue weighted by molar-refractivity contribution is 7.92. The van der Waals surface area contributed by atoms with E-state index in [1.54, 1.807) is 42.5 Å². The number of carbonyl (C=O) groups is 2. The smallest absolute Gasteiger partial charge is 0.264 e. The van der Waals surface area contributed by atoms with Crippen molar-refractivity contribution in [1.29, 1.82) is 0 Å². The number of hydrogen-bond acceptors (Lipinski definition) is 4. The minimum atomic E-state index is -4.29. The number of halogens is 3. The SMILES string of the molecule is CC(C)CNC(=O)[C@H](Cc1ccccc1)N(Cc1cccc(Cl)c1)C(=O)CN(c1ccc(Cl)cc1Cl)S(=O)(=O)c1ccccc1. The van der Waals surface area contributed by atoms with Crippen LogP contribution in [0.3, 0.4) is 0 Å². The number of carbonyl (C=O) groups excluding carboxylic acids is 2. The van der Waals surface area contributed by atoms with Crippen LogP contribution in [0.15, 0.2) is 108 Å². The summed E-state index contributed by atoms with van der Waals surface area (Å²) in [6.45, 7) is 3.72. The zero-order valence-corrected chi connectivity index (χ0v) is 28.0. The van der Waals surface area contributed by atoms with Crippen molar-refractivity contribution >= 4 is 62.3 Å². The predicted octanol–water partition coefficient (Wildman–Crippen LogP) is 7.25. The molecule has 0 spiro atoms. The van der Waals surface area contributed by atoms with Crippen molar-refractivity contribution in [2.75, 3.05) is 17.4 Å². The number of rotatable bonds is 13. The van der Waals surface area contributed by atoms with Gasteiger partial charge in [-0.3, -0.25) is 13.9 Å². The molecule has 0 saturated carbocycles. The highest BCUT2D eigenvalue weighted by atomic mass is 35.5. The van der Waals surface area contributed by atoms with Gasteiger partial charge in [-0.05, 0) is 59.5 Å². The summed E-state index contributed by atoms with van der Waals surface area (Å²) in [5.74, 6) is -0.798. The molecule has 236 valence electrons.